The standard InChI is InChI=1S/C15H11ClFN3/c1-18-15-13(9-4-2-5-10(17)8-9)20-14-11(16)6-3-7-12(14)19-15/h2-8H,1H3,(H,18,19). The summed E-state index contributed by atoms with van der Waals surface area (Å²) < 4.78 is 13.4. The van der Waals surface area contributed by atoms with E-state index < -0.39 is 0 Å². The molecule has 0 aliphatic heterocycles. The maximum atomic E-state index is 13.4. The molecule has 0 aliphatic carbocycles. The molecule has 1 heterocycles. The summed E-state index contributed by atoms with van der Waals surface area (Å²) in [7, 11) is 1.75. The van der Waals surface area contributed by atoms with Crippen molar-refractivity contribution in [2.75, 3.05) is 12.4 Å². The van der Waals surface area contributed by atoms with Crippen LogP contribution in [0.4, 0.5) is 10.2 Å². The van der Waals surface area contributed by atoms with E-state index in [-0.39, 0.29) is 5.82 Å². The van der Waals surface area contributed by atoms with Crippen molar-refractivity contribution in [2.45, 2.75) is 0 Å². The van der Waals surface area contributed by atoms with Gasteiger partial charge in [0.15, 0.2) is 5.82 Å². The normalized spacial score (nSPS) is 10.8. The molecule has 0 saturated carbocycles. The highest BCUT2D eigenvalue weighted by Gasteiger charge is 2.12. The molecule has 3 nitrogen and oxygen atoms in total. The minimum absolute atomic E-state index is 0.314. The van der Waals surface area contributed by atoms with Crippen LogP contribution in [-0.2, 0) is 0 Å². The van der Waals surface area contributed by atoms with Crippen molar-refractivity contribution in [1.82, 2.24) is 9.97 Å². The lowest BCUT2D eigenvalue weighted by Gasteiger charge is -2.10. The van der Waals surface area contributed by atoms with Crippen molar-refractivity contribution < 1.29 is 4.39 Å². The Hall–Kier alpha value is -2.20. The summed E-state index contributed by atoms with van der Waals surface area (Å²) in [6, 6.07) is 11.7. The minimum atomic E-state index is -0.314. The van der Waals surface area contributed by atoms with Crippen molar-refractivity contribution in [3.63, 3.8) is 0 Å². The molecule has 3 rings (SSSR count). The Labute approximate surface area is 120 Å². The van der Waals surface area contributed by atoms with Crippen LogP contribution in [0, 0.1) is 5.82 Å². The number of nitrogens with one attached hydrogen (secondary N) is 1. The third kappa shape index (κ3) is 2.18. The van der Waals surface area contributed by atoms with Gasteiger partial charge < -0.3 is 5.32 Å². The quantitative estimate of drug-likeness (QED) is 0.770. The fourth-order valence-electron chi connectivity index (χ4n) is 2.05. The molecule has 0 bridgehead atoms. The zero-order valence-corrected chi connectivity index (χ0v) is 11.4. The number of hydrogen-bond donors (Lipinski definition) is 1. The highest BCUT2D eigenvalue weighted by Crippen LogP contribution is 2.29. The van der Waals surface area contributed by atoms with E-state index >= 15 is 0 Å². The first kappa shape index (κ1) is 12.8. The molecule has 20 heavy (non-hydrogen) atoms. The Morgan fingerprint density at radius 3 is 2.65 bits per heavy atom. The van der Waals surface area contributed by atoms with E-state index in [4.69, 9.17) is 11.6 Å². The molecule has 0 radical (unpaired) electrons. The highest BCUT2D eigenvalue weighted by atomic mass is 35.5. The van der Waals surface area contributed by atoms with Crippen LogP contribution in [0.2, 0.25) is 5.02 Å². The maximum absolute atomic E-state index is 13.4. The van der Waals surface area contributed by atoms with Gasteiger partial charge >= 0.3 is 0 Å². The summed E-state index contributed by atoms with van der Waals surface area (Å²) in [5.41, 5.74) is 2.53. The molecular formula is C15H11ClFN3. The van der Waals surface area contributed by atoms with E-state index in [1.54, 1.807) is 25.2 Å². The fraction of sp³-hybridized carbons (Fsp3) is 0.0667. The van der Waals surface area contributed by atoms with Gasteiger partial charge in [-0.2, -0.15) is 0 Å². The van der Waals surface area contributed by atoms with Gasteiger partial charge in [0.25, 0.3) is 0 Å². The van der Waals surface area contributed by atoms with Crippen molar-refractivity contribution in [1.29, 1.82) is 0 Å². The number of para-hydroxylation sites is 1. The number of hydrogen-bond acceptors (Lipinski definition) is 3. The van der Waals surface area contributed by atoms with Gasteiger partial charge in [0.1, 0.15) is 17.0 Å². The Kier molecular flexibility index (Phi) is 3.24. The lowest BCUT2D eigenvalue weighted by molar-refractivity contribution is 0.628. The summed E-state index contributed by atoms with van der Waals surface area (Å²) in [6.07, 6.45) is 0. The SMILES string of the molecule is CNc1nc2cccc(Cl)c2nc1-c1cccc(F)c1. The van der Waals surface area contributed by atoms with E-state index in [0.717, 1.165) is 0 Å². The fourth-order valence-corrected chi connectivity index (χ4v) is 2.27. The second-order valence-corrected chi connectivity index (χ2v) is 4.70. The molecule has 5 heteroatoms. The molecule has 1 N–H and O–H groups in total. The molecule has 0 amide bonds. The Morgan fingerprint density at radius 2 is 1.90 bits per heavy atom. The van der Waals surface area contributed by atoms with Crippen molar-refractivity contribution in [2.24, 2.45) is 0 Å². The first-order valence-corrected chi connectivity index (χ1v) is 6.47. The molecule has 1 aromatic heterocycles. The third-order valence-electron chi connectivity index (χ3n) is 2.98. The lowest BCUT2D eigenvalue weighted by Crippen LogP contribution is -2.00. The van der Waals surface area contributed by atoms with Crippen molar-refractivity contribution >= 4 is 28.5 Å². The number of nitrogens with zero attached hydrogens (tertiary/aromatic N) is 2. The van der Waals surface area contributed by atoms with Gasteiger partial charge in [-0.3, -0.25) is 0 Å². The minimum Gasteiger partial charge on any atom is -0.371 e. The first-order valence-electron chi connectivity index (χ1n) is 6.09. The van der Waals surface area contributed by atoms with Gasteiger partial charge in [0, 0.05) is 12.6 Å². The zero-order chi connectivity index (χ0) is 14.1. The number of fused-ring (bicyclic) bond motifs is 1. The molecule has 0 aliphatic rings. The van der Waals surface area contributed by atoms with Gasteiger partial charge in [-0.05, 0) is 24.3 Å². The second-order valence-electron chi connectivity index (χ2n) is 4.29. The molecule has 3 aromatic rings. The summed E-state index contributed by atoms with van der Waals surface area (Å²) in [5.74, 6) is 0.274. The second kappa shape index (κ2) is 5.06. The van der Waals surface area contributed by atoms with E-state index in [1.807, 2.05) is 12.1 Å². The van der Waals surface area contributed by atoms with Gasteiger partial charge in [-0.25, -0.2) is 14.4 Å². The monoisotopic (exact) mass is 287 g/mol. The van der Waals surface area contributed by atoms with Crippen LogP contribution in [0.3, 0.4) is 0 Å². The number of anilines is 1. The van der Waals surface area contributed by atoms with Gasteiger partial charge in [0.05, 0.1) is 10.5 Å². The first-order chi connectivity index (χ1) is 9.69. The average molecular weight is 288 g/mol. The molecule has 0 fully saturated rings. The molecule has 0 spiro atoms. The maximum Gasteiger partial charge on any atom is 0.153 e. The number of halogens is 2. The van der Waals surface area contributed by atoms with Crippen LogP contribution in [0.1, 0.15) is 0 Å². The largest absolute Gasteiger partial charge is 0.371 e. The predicted octanol–water partition coefficient (Wildman–Crippen LogP) is 4.13. The molecule has 100 valence electrons. The molecular weight excluding hydrogens is 277 g/mol. The zero-order valence-electron chi connectivity index (χ0n) is 10.7. The molecule has 0 saturated heterocycles. The van der Waals surface area contributed by atoms with E-state index in [1.165, 1.54) is 12.1 Å². The summed E-state index contributed by atoms with van der Waals surface area (Å²) in [5, 5.41) is 3.51. The van der Waals surface area contributed by atoms with Crippen molar-refractivity contribution in [3.05, 3.63) is 53.3 Å². The van der Waals surface area contributed by atoms with Crippen LogP contribution >= 0.6 is 11.6 Å². The number of benzene rings is 2. The third-order valence-corrected chi connectivity index (χ3v) is 3.29. The summed E-state index contributed by atoms with van der Waals surface area (Å²) >= 11 is 6.15. The molecule has 2 aromatic carbocycles. The van der Waals surface area contributed by atoms with Gasteiger partial charge in [-0.1, -0.05) is 29.8 Å². The Morgan fingerprint density at radius 1 is 1.10 bits per heavy atom. The Bertz CT molecular complexity index is 789. The van der Waals surface area contributed by atoms with Crippen LogP contribution in [0.15, 0.2) is 42.5 Å². The van der Waals surface area contributed by atoms with E-state index in [0.29, 0.717) is 33.1 Å². The topological polar surface area (TPSA) is 37.8 Å². The Balaban J connectivity index is 2.31. The van der Waals surface area contributed by atoms with Crippen LogP contribution in [0.25, 0.3) is 22.3 Å². The van der Waals surface area contributed by atoms with E-state index in [2.05, 4.69) is 15.3 Å². The lowest BCUT2D eigenvalue weighted by atomic mass is 10.1. The van der Waals surface area contributed by atoms with Gasteiger partial charge in [0.2, 0.25) is 0 Å². The summed E-state index contributed by atoms with van der Waals surface area (Å²) in [4.78, 5) is 9.01. The molecule has 0 atom stereocenters. The highest BCUT2D eigenvalue weighted by molar-refractivity contribution is 6.34. The molecule has 0 unspecified atom stereocenters. The number of rotatable bonds is 2. The van der Waals surface area contributed by atoms with Crippen molar-refractivity contribution in [3.8, 4) is 11.3 Å². The number of aromatic nitrogens is 2. The van der Waals surface area contributed by atoms with E-state index in [9.17, 15) is 4.39 Å². The summed E-state index contributed by atoms with van der Waals surface area (Å²) in [6.45, 7) is 0. The van der Waals surface area contributed by atoms with Crippen LogP contribution in [-0.4, -0.2) is 17.0 Å². The van der Waals surface area contributed by atoms with Crippen LogP contribution in [0.5, 0.6) is 0 Å². The average Bonchev–Trinajstić information content (AvgIpc) is 2.46. The predicted molar refractivity (Wildman–Crippen MR) is 79.5 cm³/mol. The smallest absolute Gasteiger partial charge is 0.153 e. The van der Waals surface area contributed by atoms with Gasteiger partial charge in [-0.15, -0.1) is 0 Å². The van der Waals surface area contributed by atoms with Crippen LogP contribution < -0.4 is 5.32 Å².